The lowest BCUT2D eigenvalue weighted by atomic mass is 9.75. The highest BCUT2D eigenvalue weighted by atomic mass is 16.7. The van der Waals surface area contributed by atoms with E-state index in [1.54, 1.807) is 7.11 Å². The van der Waals surface area contributed by atoms with Gasteiger partial charge in [0, 0.05) is 40.7 Å². The molecule has 2 aliphatic rings. The van der Waals surface area contributed by atoms with Gasteiger partial charge in [0.25, 0.3) is 0 Å². The summed E-state index contributed by atoms with van der Waals surface area (Å²) in [4.78, 5) is 21.9. The van der Waals surface area contributed by atoms with Crippen LogP contribution in [0.5, 0.6) is 5.75 Å². The Morgan fingerprint density at radius 3 is 2.90 bits per heavy atom. The molecule has 1 saturated carbocycles. The lowest BCUT2D eigenvalue weighted by molar-refractivity contribution is -0.123. The number of aromatic amines is 1. The standard InChI is InChI=1S/C24H25N3O3/c1-29-20-4-2-3-17(14-20)22-15-24(30-27-22)10-7-16(8-11-24)23(28)26-19-5-6-21-18(13-19)9-12-25-21/h2-6,9,12-14,16,25H,7-8,10-11,15H2,1H3,(H,26,28). The highest BCUT2D eigenvalue weighted by molar-refractivity contribution is 6.02. The summed E-state index contributed by atoms with van der Waals surface area (Å²) in [6.07, 6.45) is 5.95. The topological polar surface area (TPSA) is 75.7 Å². The van der Waals surface area contributed by atoms with Gasteiger partial charge in [0.2, 0.25) is 5.91 Å². The Hall–Kier alpha value is -3.28. The molecule has 1 amide bonds. The minimum absolute atomic E-state index is 0.00187. The molecule has 1 aliphatic carbocycles. The van der Waals surface area contributed by atoms with Crippen molar-refractivity contribution in [1.29, 1.82) is 0 Å². The predicted octanol–water partition coefficient (Wildman–Crippen LogP) is 4.87. The number of nitrogens with zero attached hydrogens (tertiary/aromatic N) is 1. The number of H-pyrrole nitrogens is 1. The summed E-state index contributed by atoms with van der Waals surface area (Å²) < 4.78 is 5.32. The average Bonchev–Trinajstić information content (AvgIpc) is 3.41. The Balaban J connectivity index is 1.19. The Morgan fingerprint density at radius 2 is 2.07 bits per heavy atom. The van der Waals surface area contributed by atoms with Gasteiger partial charge >= 0.3 is 0 Å². The smallest absolute Gasteiger partial charge is 0.227 e. The molecule has 1 aromatic heterocycles. The van der Waals surface area contributed by atoms with Crippen LogP contribution in [-0.4, -0.2) is 29.3 Å². The van der Waals surface area contributed by atoms with Gasteiger partial charge in [-0.05, 0) is 62.1 Å². The van der Waals surface area contributed by atoms with Gasteiger partial charge in [-0.1, -0.05) is 17.3 Å². The molecule has 30 heavy (non-hydrogen) atoms. The SMILES string of the molecule is COc1cccc(C2=NOC3(CCC(C(=O)Nc4ccc5[nH]ccc5c4)CC3)C2)c1. The summed E-state index contributed by atoms with van der Waals surface area (Å²) in [5, 5.41) is 8.56. The van der Waals surface area contributed by atoms with E-state index in [1.807, 2.05) is 54.7 Å². The second kappa shape index (κ2) is 7.52. The fourth-order valence-electron chi connectivity index (χ4n) is 4.53. The second-order valence-corrected chi connectivity index (χ2v) is 8.26. The molecule has 6 heteroatoms. The maximum atomic E-state index is 12.8. The monoisotopic (exact) mass is 403 g/mol. The van der Waals surface area contributed by atoms with Crippen molar-refractivity contribution in [3.8, 4) is 5.75 Å². The number of fused-ring (bicyclic) bond motifs is 1. The van der Waals surface area contributed by atoms with Crippen LogP contribution in [0.1, 0.15) is 37.7 Å². The minimum atomic E-state index is -0.279. The van der Waals surface area contributed by atoms with Gasteiger partial charge in [-0.2, -0.15) is 0 Å². The van der Waals surface area contributed by atoms with E-state index in [4.69, 9.17) is 9.57 Å². The van der Waals surface area contributed by atoms with Crippen LogP contribution < -0.4 is 10.1 Å². The number of nitrogens with one attached hydrogen (secondary N) is 2. The van der Waals surface area contributed by atoms with Crippen LogP contribution in [0.25, 0.3) is 10.9 Å². The van der Waals surface area contributed by atoms with E-state index in [9.17, 15) is 4.79 Å². The number of hydrogen-bond acceptors (Lipinski definition) is 4. The van der Waals surface area contributed by atoms with Crippen molar-refractivity contribution in [2.75, 3.05) is 12.4 Å². The number of oxime groups is 1. The van der Waals surface area contributed by atoms with E-state index >= 15 is 0 Å². The molecule has 6 nitrogen and oxygen atoms in total. The number of amides is 1. The predicted molar refractivity (Wildman–Crippen MR) is 117 cm³/mol. The molecule has 0 radical (unpaired) electrons. The molecule has 5 rings (SSSR count). The van der Waals surface area contributed by atoms with Gasteiger partial charge in [-0.15, -0.1) is 0 Å². The fraction of sp³-hybridized carbons (Fsp3) is 0.333. The first-order chi connectivity index (χ1) is 14.6. The number of methoxy groups -OCH3 is 1. The molecule has 1 aliphatic heterocycles. The molecule has 0 saturated heterocycles. The first kappa shape index (κ1) is 18.7. The summed E-state index contributed by atoms with van der Waals surface area (Å²) in [5.74, 6) is 0.906. The average molecular weight is 403 g/mol. The van der Waals surface area contributed by atoms with Gasteiger partial charge in [-0.25, -0.2) is 0 Å². The van der Waals surface area contributed by atoms with Gasteiger partial charge < -0.3 is 19.9 Å². The zero-order chi connectivity index (χ0) is 20.6. The zero-order valence-corrected chi connectivity index (χ0v) is 17.0. The normalized spacial score (nSPS) is 23.2. The summed E-state index contributed by atoms with van der Waals surface area (Å²) >= 11 is 0. The number of carbonyl (C=O) groups is 1. The number of carbonyl (C=O) groups excluding carboxylic acids is 1. The van der Waals surface area contributed by atoms with E-state index < -0.39 is 0 Å². The van der Waals surface area contributed by atoms with Crippen LogP contribution in [0.3, 0.4) is 0 Å². The first-order valence-electron chi connectivity index (χ1n) is 10.4. The van der Waals surface area contributed by atoms with Crippen LogP contribution >= 0.6 is 0 Å². The van der Waals surface area contributed by atoms with Crippen molar-refractivity contribution in [2.24, 2.45) is 11.1 Å². The highest BCUT2D eigenvalue weighted by Crippen LogP contribution is 2.42. The molecular formula is C24H25N3O3. The molecule has 2 heterocycles. The quantitative estimate of drug-likeness (QED) is 0.653. The highest BCUT2D eigenvalue weighted by Gasteiger charge is 2.44. The number of aromatic nitrogens is 1. The summed E-state index contributed by atoms with van der Waals surface area (Å²) in [6.45, 7) is 0. The van der Waals surface area contributed by atoms with Crippen molar-refractivity contribution < 1.29 is 14.4 Å². The maximum Gasteiger partial charge on any atom is 0.227 e. The van der Waals surface area contributed by atoms with E-state index in [2.05, 4.69) is 15.5 Å². The maximum absolute atomic E-state index is 12.8. The summed E-state index contributed by atoms with van der Waals surface area (Å²) in [5.41, 5.74) is 3.62. The summed E-state index contributed by atoms with van der Waals surface area (Å²) in [7, 11) is 1.66. The third-order valence-electron chi connectivity index (χ3n) is 6.33. The van der Waals surface area contributed by atoms with E-state index in [-0.39, 0.29) is 17.4 Å². The first-order valence-corrected chi connectivity index (χ1v) is 10.4. The van der Waals surface area contributed by atoms with E-state index in [1.165, 1.54) is 0 Å². The Kier molecular flexibility index (Phi) is 4.69. The van der Waals surface area contributed by atoms with Crippen LogP contribution in [0, 0.1) is 5.92 Å². The molecule has 0 bridgehead atoms. The van der Waals surface area contributed by atoms with Crippen LogP contribution in [0.2, 0.25) is 0 Å². The fourth-order valence-corrected chi connectivity index (χ4v) is 4.53. The lowest BCUT2D eigenvalue weighted by Crippen LogP contribution is -2.37. The minimum Gasteiger partial charge on any atom is -0.497 e. The number of ether oxygens (including phenoxy) is 1. The van der Waals surface area contributed by atoms with Crippen LogP contribution in [-0.2, 0) is 9.63 Å². The molecule has 0 unspecified atom stereocenters. The van der Waals surface area contributed by atoms with E-state index in [0.717, 1.165) is 65.7 Å². The molecule has 1 fully saturated rings. The summed E-state index contributed by atoms with van der Waals surface area (Å²) in [6, 6.07) is 15.8. The van der Waals surface area contributed by atoms with Gasteiger partial charge in [0.05, 0.1) is 12.8 Å². The number of rotatable bonds is 4. The Morgan fingerprint density at radius 1 is 1.20 bits per heavy atom. The van der Waals surface area contributed by atoms with Gasteiger partial charge in [0.15, 0.2) is 0 Å². The molecule has 0 atom stereocenters. The van der Waals surface area contributed by atoms with Crippen molar-refractivity contribution in [3.05, 3.63) is 60.3 Å². The third kappa shape index (κ3) is 3.54. The Labute approximate surface area is 175 Å². The van der Waals surface area contributed by atoms with Crippen molar-refractivity contribution in [1.82, 2.24) is 4.98 Å². The van der Waals surface area contributed by atoms with Gasteiger partial charge in [-0.3, -0.25) is 4.79 Å². The molecule has 3 aromatic rings. The van der Waals surface area contributed by atoms with Crippen molar-refractivity contribution in [3.63, 3.8) is 0 Å². The largest absolute Gasteiger partial charge is 0.497 e. The molecule has 1 spiro atoms. The Bertz CT molecular complexity index is 1110. The molecular weight excluding hydrogens is 378 g/mol. The molecule has 2 aromatic carbocycles. The van der Waals surface area contributed by atoms with Crippen molar-refractivity contribution >= 4 is 28.2 Å². The second-order valence-electron chi connectivity index (χ2n) is 8.26. The lowest BCUT2D eigenvalue weighted by Gasteiger charge is -2.34. The molecule has 154 valence electrons. The van der Waals surface area contributed by atoms with Crippen molar-refractivity contribution in [2.45, 2.75) is 37.7 Å². The number of benzene rings is 2. The van der Waals surface area contributed by atoms with E-state index in [0.29, 0.717) is 0 Å². The molecule has 2 N–H and O–H groups in total. The number of hydrogen-bond donors (Lipinski definition) is 2. The third-order valence-corrected chi connectivity index (χ3v) is 6.33. The zero-order valence-electron chi connectivity index (χ0n) is 17.0. The van der Waals surface area contributed by atoms with Crippen LogP contribution in [0.4, 0.5) is 5.69 Å². The number of anilines is 1. The van der Waals surface area contributed by atoms with Crippen LogP contribution in [0.15, 0.2) is 59.9 Å². The van der Waals surface area contributed by atoms with Gasteiger partial charge in [0.1, 0.15) is 11.4 Å².